The van der Waals surface area contributed by atoms with E-state index < -0.39 is 10.0 Å². The molecule has 0 saturated carbocycles. The number of hydrogen-bond acceptors (Lipinski definition) is 5. The van der Waals surface area contributed by atoms with Crippen LogP contribution in [0.4, 0.5) is 14.9 Å². The Morgan fingerprint density at radius 3 is 2.38 bits per heavy atom. The second-order valence-electron chi connectivity index (χ2n) is 7.25. The molecule has 1 fully saturated rings. The molecular weight excluding hydrogens is 397 g/mol. The van der Waals surface area contributed by atoms with Gasteiger partial charge in [0.25, 0.3) is 0 Å². The molecule has 8 nitrogen and oxygen atoms in total. The molecular formula is C19H24FN5O3S. The Hall–Kier alpha value is -2.59. The molecule has 2 amide bonds. The summed E-state index contributed by atoms with van der Waals surface area (Å²) in [6, 6.07) is 4.20. The minimum atomic E-state index is -3.20. The predicted molar refractivity (Wildman–Crippen MR) is 108 cm³/mol. The van der Waals surface area contributed by atoms with Crippen LogP contribution in [0.5, 0.6) is 0 Å². The molecule has 29 heavy (non-hydrogen) atoms. The van der Waals surface area contributed by atoms with Crippen molar-refractivity contribution >= 4 is 21.7 Å². The van der Waals surface area contributed by atoms with Crippen molar-refractivity contribution < 1.29 is 17.6 Å². The zero-order chi connectivity index (χ0) is 21.2. The summed E-state index contributed by atoms with van der Waals surface area (Å²) in [5, 5.41) is 2.74. The summed E-state index contributed by atoms with van der Waals surface area (Å²) in [5.41, 5.74) is 1.76. The molecule has 0 bridgehead atoms. The topological polar surface area (TPSA) is 95.5 Å². The number of hydrogen-bond donors (Lipinski definition) is 1. The van der Waals surface area contributed by atoms with E-state index in [1.807, 2.05) is 0 Å². The lowest BCUT2D eigenvalue weighted by Crippen LogP contribution is -2.48. The number of carbonyl (C=O) groups is 1. The van der Waals surface area contributed by atoms with E-state index in [-0.39, 0.29) is 17.9 Å². The van der Waals surface area contributed by atoms with Crippen LogP contribution in [0.3, 0.4) is 0 Å². The fourth-order valence-electron chi connectivity index (χ4n) is 3.35. The van der Waals surface area contributed by atoms with Crippen molar-refractivity contribution in [1.29, 1.82) is 0 Å². The van der Waals surface area contributed by atoms with Gasteiger partial charge < -0.3 is 10.2 Å². The number of amides is 2. The van der Waals surface area contributed by atoms with Gasteiger partial charge in [0.2, 0.25) is 10.0 Å². The number of aromatic nitrogens is 2. The lowest BCUT2D eigenvalue weighted by atomic mass is 10.1. The van der Waals surface area contributed by atoms with Gasteiger partial charge in [-0.3, -0.25) is 0 Å². The molecule has 2 heterocycles. The molecule has 0 radical (unpaired) electrons. The number of carbonyl (C=O) groups excluding carboxylic acids is 1. The number of nitrogens with zero attached hydrogens (tertiary/aromatic N) is 4. The molecule has 0 aliphatic carbocycles. The summed E-state index contributed by atoms with van der Waals surface area (Å²) in [6.07, 6.45) is 5.29. The molecule has 3 rings (SSSR count). The Labute approximate surface area is 169 Å². The number of anilines is 1. The lowest BCUT2D eigenvalue weighted by Gasteiger charge is -2.35. The van der Waals surface area contributed by atoms with Gasteiger partial charge in [-0.05, 0) is 43.5 Å². The van der Waals surface area contributed by atoms with Gasteiger partial charge in [0.05, 0.1) is 24.3 Å². The highest BCUT2D eigenvalue weighted by molar-refractivity contribution is 7.88. The molecule has 1 aromatic carbocycles. The van der Waals surface area contributed by atoms with E-state index in [9.17, 15) is 17.6 Å². The van der Waals surface area contributed by atoms with Crippen LogP contribution in [0.2, 0.25) is 0 Å². The number of aryl methyl sites for hydroxylation is 1. The Bertz CT molecular complexity index is 969. The van der Waals surface area contributed by atoms with Gasteiger partial charge >= 0.3 is 6.03 Å². The summed E-state index contributed by atoms with van der Waals surface area (Å²) in [5.74, 6) is 0.0108. The molecule has 1 aliphatic heterocycles. The van der Waals surface area contributed by atoms with Gasteiger partial charge in [-0.1, -0.05) is 0 Å². The SMILES string of the molecule is Cc1cc(F)cc(-c2ncc(NC(=O)N(C)C3CCN(S(C)(=O)=O)CC3)cn2)c1. The third-order valence-corrected chi connectivity index (χ3v) is 6.27. The van der Waals surface area contributed by atoms with Gasteiger partial charge in [-0.15, -0.1) is 0 Å². The summed E-state index contributed by atoms with van der Waals surface area (Å²) in [6.45, 7) is 2.58. The Morgan fingerprint density at radius 2 is 1.83 bits per heavy atom. The number of halogens is 1. The third-order valence-electron chi connectivity index (χ3n) is 4.96. The van der Waals surface area contributed by atoms with Crippen molar-refractivity contribution in [3.05, 3.63) is 42.0 Å². The van der Waals surface area contributed by atoms with Gasteiger partial charge in [-0.25, -0.2) is 31.9 Å². The van der Waals surface area contributed by atoms with E-state index >= 15 is 0 Å². The van der Waals surface area contributed by atoms with Crippen LogP contribution in [0.1, 0.15) is 18.4 Å². The molecule has 0 atom stereocenters. The molecule has 2 aromatic rings. The number of piperidine rings is 1. The number of nitrogens with one attached hydrogen (secondary N) is 1. The van der Waals surface area contributed by atoms with Crippen molar-refractivity contribution in [2.24, 2.45) is 0 Å². The highest BCUT2D eigenvalue weighted by Gasteiger charge is 2.29. The first-order valence-corrected chi connectivity index (χ1v) is 11.1. The standard InChI is InChI=1S/C19H24FN5O3S/c1-13-8-14(10-15(20)9-13)18-21-11-16(12-22-18)23-19(26)24(2)17-4-6-25(7-5-17)29(3,27)28/h8-12,17H,4-7H2,1-3H3,(H,23,26). The highest BCUT2D eigenvalue weighted by atomic mass is 32.2. The van der Waals surface area contributed by atoms with Gasteiger partial charge in [0.15, 0.2) is 5.82 Å². The molecule has 1 aromatic heterocycles. The Balaban J connectivity index is 1.60. The van der Waals surface area contributed by atoms with Crippen LogP contribution in [0, 0.1) is 12.7 Å². The zero-order valence-corrected chi connectivity index (χ0v) is 17.4. The molecule has 1 aliphatic rings. The van der Waals surface area contributed by atoms with Crippen LogP contribution >= 0.6 is 0 Å². The van der Waals surface area contributed by atoms with Crippen LogP contribution in [-0.4, -0.2) is 66.1 Å². The molecule has 0 unspecified atom stereocenters. The van der Waals surface area contributed by atoms with E-state index in [1.54, 1.807) is 24.9 Å². The molecule has 156 valence electrons. The van der Waals surface area contributed by atoms with E-state index in [0.29, 0.717) is 43.0 Å². The number of sulfonamides is 1. The first-order valence-electron chi connectivity index (χ1n) is 9.22. The van der Waals surface area contributed by atoms with Gasteiger partial charge in [0, 0.05) is 31.7 Å². The van der Waals surface area contributed by atoms with E-state index in [4.69, 9.17) is 0 Å². The van der Waals surface area contributed by atoms with Gasteiger partial charge in [0.1, 0.15) is 5.82 Å². The van der Waals surface area contributed by atoms with Crippen molar-refractivity contribution in [3.8, 4) is 11.4 Å². The Morgan fingerprint density at radius 1 is 1.21 bits per heavy atom. The van der Waals surface area contributed by atoms with Crippen LogP contribution in [0.15, 0.2) is 30.6 Å². The first kappa shape index (κ1) is 21.1. The molecule has 1 N–H and O–H groups in total. The Kier molecular flexibility index (Phi) is 6.13. The van der Waals surface area contributed by atoms with E-state index in [1.165, 1.54) is 35.1 Å². The van der Waals surface area contributed by atoms with Crippen molar-refractivity contribution in [2.45, 2.75) is 25.8 Å². The maximum absolute atomic E-state index is 13.6. The van der Waals surface area contributed by atoms with Crippen molar-refractivity contribution in [2.75, 3.05) is 31.7 Å². The average molecular weight is 421 g/mol. The molecule has 10 heteroatoms. The number of benzene rings is 1. The molecule has 1 saturated heterocycles. The largest absolute Gasteiger partial charge is 0.325 e. The molecule has 0 spiro atoms. The van der Waals surface area contributed by atoms with E-state index in [0.717, 1.165) is 5.56 Å². The van der Waals surface area contributed by atoms with Crippen LogP contribution < -0.4 is 5.32 Å². The van der Waals surface area contributed by atoms with E-state index in [2.05, 4.69) is 15.3 Å². The summed E-state index contributed by atoms with van der Waals surface area (Å²) in [4.78, 5) is 22.5. The monoisotopic (exact) mass is 421 g/mol. The maximum Gasteiger partial charge on any atom is 0.321 e. The quantitative estimate of drug-likeness (QED) is 0.818. The minimum absolute atomic E-state index is 0.0524. The maximum atomic E-state index is 13.6. The second kappa shape index (κ2) is 8.42. The number of urea groups is 1. The average Bonchev–Trinajstić information content (AvgIpc) is 2.66. The third kappa shape index (κ3) is 5.27. The van der Waals surface area contributed by atoms with Crippen molar-refractivity contribution in [3.63, 3.8) is 0 Å². The predicted octanol–water partition coefficient (Wildman–Crippen LogP) is 2.48. The zero-order valence-electron chi connectivity index (χ0n) is 16.6. The van der Waals surface area contributed by atoms with Crippen LogP contribution in [-0.2, 0) is 10.0 Å². The highest BCUT2D eigenvalue weighted by Crippen LogP contribution is 2.20. The summed E-state index contributed by atoms with van der Waals surface area (Å²) >= 11 is 0. The fourth-order valence-corrected chi connectivity index (χ4v) is 4.22. The summed E-state index contributed by atoms with van der Waals surface area (Å²) in [7, 11) is -1.52. The van der Waals surface area contributed by atoms with Crippen molar-refractivity contribution in [1.82, 2.24) is 19.2 Å². The number of rotatable bonds is 4. The first-order chi connectivity index (χ1) is 13.6. The smallest absolute Gasteiger partial charge is 0.321 e. The lowest BCUT2D eigenvalue weighted by molar-refractivity contribution is 0.174. The normalized spacial score (nSPS) is 15.9. The van der Waals surface area contributed by atoms with Gasteiger partial charge in [-0.2, -0.15) is 0 Å². The summed E-state index contributed by atoms with van der Waals surface area (Å²) < 4.78 is 38.2. The van der Waals surface area contributed by atoms with Crippen LogP contribution in [0.25, 0.3) is 11.4 Å². The second-order valence-corrected chi connectivity index (χ2v) is 9.23. The minimum Gasteiger partial charge on any atom is -0.325 e. The fraction of sp³-hybridized carbons (Fsp3) is 0.421.